The molecule has 1 aromatic rings. The summed E-state index contributed by atoms with van der Waals surface area (Å²) in [7, 11) is -3.17. The summed E-state index contributed by atoms with van der Waals surface area (Å²) in [6, 6.07) is 1.87. The number of carbonyl (C=O) groups excluding carboxylic acids is 1. The van der Waals surface area contributed by atoms with Crippen molar-refractivity contribution >= 4 is 27.7 Å². The van der Waals surface area contributed by atoms with E-state index in [9.17, 15) is 13.2 Å². The topological polar surface area (TPSA) is 116 Å². The molecule has 26 heavy (non-hydrogen) atoms. The minimum atomic E-state index is -3.17. The van der Waals surface area contributed by atoms with Crippen molar-refractivity contribution in [2.45, 2.75) is 26.7 Å². The lowest BCUT2D eigenvalue weighted by molar-refractivity contribution is -0.126. The molecule has 0 aliphatic carbocycles. The average molecular weight is 385 g/mol. The van der Waals surface area contributed by atoms with Crippen molar-refractivity contribution < 1.29 is 13.2 Å². The first-order valence-electron chi connectivity index (χ1n) is 8.86. The maximum atomic E-state index is 12.2. The van der Waals surface area contributed by atoms with Crippen molar-refractivity contribution in [2.75, 3.05) is 49.6 Å². The van der Waals surface area contributed by atoms with Gasteiger partial charge >= 0.3 is 0 Å². The molecule has 10 heteroatoms. The van der Waals surface area contributed by atoms with Crippen LogP contribution in [0.3, 0.4) is 0 Å². The molecule has 0 unspecified atom stereocenters. The Hall–Kier alpha value is -1.94. The standard InChI is InChI=1S/C16H28N6O3S/c1-4-17-14-11-12(2)20-16(21-14)19-8-7-18-15(23)13-5-9-22(10-6-13)26(3,24)25/h11,13H,4-10H2,1-3H3,(H,18,23)(H2,17,19,20,21). The van der Waals surface area contributed by atoms with Gasteiger partial charge in [-0.15, -0.1) is 0 Å². The fourth-order valence-electron chi connectivity index (χ4n) is 2.87. The van der Waals surface area contributed by atoms with Crippen LogP contribution in [0.5, 0.6) is 0 Å². The second-order valence-corrected chi connectivity index (χ2v) is 8.39. The third-order valence-electron chi connectivity index (χ3n) is 4.21. The molecule has 1 fully saturated rings. The molecule has 0 atom stereocenters. The minimum Gasteiger partial charge on any atom is -0.370 e. The molecule has 1 amide bonds. The van der Waals surface area contributed by atoms with Crippen molar-refractivity contribution in [3.8, 4) is 0 Å². The van der Waals surface area contributed by atoms with E-state index in [1.807, 2.05) is 19.9 Å². The Bertz CT molecular complexity index is 717. The van der Waals surface area contributed by atoms with Gasteiger partial charge in [0.2, 0.25) is 21.9 Å². The van der Waals surface area contributed by atoms with E-state index in [-0.39, 0.29) is 11.8 Å². The quantitative estimate of drug-likeness (QED) is 0.556. The van der Waals surface area contributed by atoms with Crippen LogP contribution >= 0.6 is 0 Å². The second kappa shape index (κ2) is 9.13. The Labute approximate surface area is 155 Å². The van der Waals surface area contributed by atoms with Crippen molar-refractivity contribution in [3.63, 3.8) is 0 Å². The number of piperidine rings is 1. The Kier molecular flexibility index (Phi) is 7.15. The Morgan fingerprint density at radius 2 is 1.92 bits per heavy atom. The zero-order valence-corrected chi connectivity index (χ0v) is 16.4. The van der Waals surface area contributed by atoms with Gasteiger partial charge in [-0.3, -0.25) is 4.79 Å². The highest BCUT2D eigenvalue weighted by Gasteiger charge is 2.28. The van der Waals surface area contributed by atoms with Gasteiger partial charge in [-0.25, -0.2) is 17.7 Å². The lowest BCUT2D eigenvalue weighted by Crippen LogP contribution is -2.43. The third kappa shape index (κ3) is 6.10. The maximum Gasteiger partial charge on any atom is 0.224 e. The van der Waals surface area contributed by atoms with E-state index in [4.69, 9.17) is 0 Å². The van der Waals surface area contributed by atoms with Crippen LogP contribution in [0.2, 0.25) is 0 Å². The molecule has 9 nitrogen and oxygen atoms in total. The van der Waals surface area contributed by atoms with E-state index in [1.54, 1.807) is 0 Å². The molecule has 0 radical (unpaired) electrons. The monoisotopic (exact) mass is 384 g/mol. The maximum absolute atomic E-state index is 12.2. The summed E-state index contributed by atoms with van der Waals surface area (Å²) in [5, 5.41) is 9.14. The molecule has 146 valence electrons. The molecule has 0 spiro atoms. The fourth-order valence-corrected chi connectivity index (χ4v) is 3.75. The summed E-state index contributed by atoms with van der Waals surface area (Å²) < 4.78 is 24.4. The smallest absolute Gasteiger partial charge is 0.224 e. The molecular formula is C16H28N6O3S. The van der Waals surface area contributed by atoms with E-state index in [0.717, 1.165) is 18.1 Å². The summed E-state index contributed by atoms with van der Waals surface area (Å²) >= 11 is 0. The minimum absolute atomic E-state index is 0.0292. The molecule has 2 heterocycles. The van der Waals surface area contributed by atoms with Gasteiger partial charge in [0.05, 0.1) is 6.26 Å². The highest BCUT2D eigenvalue weighted by molar-refractivity contribution is 7.88. The number of hydrogen-bond acceptors (Lipinski definition) is 7. The Balaban J connectivity index is 1.72. The second-order valence-electron chi connectivity index (χ2n) is 6.40. The molecule has 1 aliphatic rings. The number of rotatable bonds is 8. The van der Waals surface area contributed by atoms with Crippen molar-refractivity contribution in [3.05, 3.63) is 11.8 Å². The Morgan fingerprint density at radius 1 is 1.23 bits per heavy atom. The third-order valence-corrected chi connectivity index (χ3v) is 5.52. The van der Waals surface area contributed by atoms with Crippen LogP contribution in [0.15, 0.2) is 6.07 Å². The van der Waals surface area contributed by atoms with Crippen molar-refractivity contribution in [2.24, 2.45) is 5.92 Å². The molecule has 3 N–H and O–H groups in total. The van der Waals surface area contributed by atoms with Crippen LogP contribution < -0.4 is 16.0 Å². The number of sulfonamides is 1. The predicted molar refractivity (Wildman–Crippen MR) is 102 cm³/mol. The molecule has 1 aliphatic heterocycles. The molecule has 0 aromatic carbocycles. The van der Waals surface area contributed by atoms with Crippen LogP contribution in [0.4, 0.5) is 11.8 Å². The highest BCUT2D eigenvalue weighted by Crippen LogP contribution is 2.19. The van der Waals surface area contributed by atoms with Crippen LogP contribution in [0.1, 0.15) is 25.5 Å². The van der Waals surface area contributed by atoms with E-state index in [1.165, 1.54) is 10.6 Å². The van der Waals surface area contributed by atoms with Gasteiger partial charge in [-0.05, 0) is 26.7 Å². The number of nitrogens with zero attached hydrogens (tertiary/aromatic N) is 3. The SMILES string of the molecule is CCNc1cc(C)nc(NCCNC(=O)C2CCN(S(C)(=O)=O)CC2)n1. The normalized spacial score (nSPS) is 16.3. The summed E-state index contributed by atoms with van der Waals surface area (Å²) in [4.78, 5) is 20.9. The zero-order valence-electron chi connectivity index (χ0n) is 15.6. The first-order valence-corrected chi connectivity index (χ1v) is 10.7. The number of aryl methyl sites for hydroxylation is 1. The first-order chi connectivity index (χ1) is 12.3. The van der Waals surface area contributed by atoms with Gasteiger partial charge in [-0.1, -0.05) is 0 Å². The number of hydrogen-bond donors (Lipinski definition) is 3. The lowest BCUT2D eigenvalue weighted by atomic mass is 9.97. The molecule has 1 saturated heterocycles. The van der Waals surface area contributed by atoms with E-state index >= 15 is 0 Å². The summed E-state index contributed by atoms with van der Waals surface area (Å²) in [5.74, 6) is 1.13. The summed E-state index contributed by atoms with van der Waals surface area (Å²) in [6.45, 7) is 6.46. The number of aromatic nitrogens is 2. The lowest BCUT2D eigenvalue weighted by Gasteiger charge is -2.29. The number of carbonyl (C=O) groups is 1. The summed E-state index contributed by atoms with van der Waals surface area (Å²) in [5.41, 5.74) is 0.861. The first kappa shape index (κ1) is 20.4. The zero-order chi connectivity index (χ0) is 19.2. The number of amides is 1. The van der Waals surface area contributed by atoms with Crippen molar-refractivity contribution in [1.29, 1.82) is 0 Å². The average Bonchev–Trinajstić information content (AvgIpc) is 2.58. The van der Waals surface area contributed by atoms with Gasteiger partial charge in [0.25, 0.3) is 0 Å². The highest BCUT2D eigenvalue weighted by atomic mass is 32.2. The summed E-state index contributed by atoms with van der Waals surface area (Å²) in [6.07, 6.45) is 2.31. The number of anilines is 2. The fraction of sp³-hybridized carbons (Fsp3) is 0.688. The predicted octanol–water partition coefficient (Wildman–Crippen LogP) is 0.417. The van der Waals surface area contributed by atoms with Gasteiger partial charge in [0.1, 0.15) is 5.82 Å². The van der Waals surface area contributed by atoms with Crippen LogP contribution in [0, 0.1) is 12.8 Å². The molecule has 0 saturated carbocycles. The molecular weight excluding hydrogens is 356 g/mol. The molecule has 1 aromatic heterocycles. The van der Waals surface area contributed by atoms with Gasteiger partial charge in [-0.2, -0.15) is 4.98 Å². The van der Waals surface area contributed by atoms with E-state index in [0.29, 0.717) is 45.0 Å². The van der Waals surface area contributed by atoms with Gasteiger partial charge < -0.3 is 16.0 Å². The van der Waals surface area contributed by atoms with Crippen LogP contribution in [-0.2, 0) is 14.8 Å². The van der Waals surface area contributed by atoms with Gasteiger partial charge in [0.15, 0.2) is 0 Å². The largest absolute Gasteiger partial charge is 0.370 e. The molecule has 2 rings (SSSR count). The Morgan fingerprint density at radius 3 is 2.54 bits per heavy atom. The molecule has 0 bridgehead atoms. The van der Waals surface area contributed by atoms with E-state index < -0.39 is 10.0 Å². The van der Waals surface area contributed by atoms with Crippen LogP contribution in [-0.4, -0.2) is 67.6 Å². The van der Waals surface area contributed by atoms with Crippen LogP contribution in [0.25, 0.3) is 0 Å². The van der Waals surface area contributed by atoms with Gasteiger partial charge in [0, 0.05) is 50.4 Å². The number of nitrogens with one attached hydrogen (secondary N) is 3. The van der Waals surface area contributed by atoms with Crippen molar-refractivity contribution in [1.82, 2.24) is 19.6 Å². The van der Waals surface area contributed by atoms with E-state index in [2.05, 4.69) is 25.9 Å².